The van der Waals surface area contributed by atoms with Crippen molar-refractivity contribution in [3.63, 3.8) is 0 Å². The molecular formula is C13H26N4O2S. The lowest BCUT2D eigenvalue weighted by Crippen LogP contribution is -2.55. The molecule has 0 spiro atoms. The molecule has 0 aliphatic carbocycles. The minimum atomic E-state index is -3.57. The van der Waals surface area contributed by atoms with Gasteiger partial charge in [-0.1, -0.05) is 20.8 Å². The second-order valence-electron chi connectivity index (χ2n) is 5.06. The van der Waals surface area contributed by atoms with Crippen molar-refractivity contribution < 1.29 is 8.42 Å². The Morgan fingerprint density at radius 2 is 1.95 bits per heavy atom. The van der Waals surface area contributed by atoms with Crippen LogP contribution in [0.4, 0.5) is 0 Å². The van der Waals surface area contributed by atoms with Crippen molar-refractivity contribution in [2.24, 2.45) is 12.8 Å². The molecule has 0 atom stereocenters. The Morgan fingerprint density at radius 3 is 2.30 bits per heavy atom. The molecule has 0 amide bonds. The molecule has 0 aromatic carbocycles. The first-order valence-electron chi connectivity index (χ1n) is 7.09. The van der Waals surface area contributed by atoms with Gasteiger partial charge in [0.05, 0.1) is 6.20 Å². The summed E-state index contributed by atoms with van der Waals surface area (Å²) in [5.41, 5.74) is 5.39. The number of hydrogen-bond acceptors (Lipinski definition) is 4. The fraction of sp³-hybridized carbons (Fsp3) is 0.769. The average Bonchev–Trinajstić information content (AvgIpc) is 2.87. The van der Waals surface area contributed by atoms with Crippen LogP contribution < -0.4 is 5.73 Å². The summed E-state index contributed by atoms with van der Waals surface area (Å²) in [6.07, 6.45) is 5.06. The lowest BCUT2D eigenvalue weighted by atomic mass is 9.93. The van der Waals surface area contributed by atoms with Crippen molar-refractivity contribution >= 4 is 10.0 Å². The van der Waals surface area contributed by atoms with Gasteiger partial charge in [-0.2, -0.15) is 9.40 Å². The molecule has 1 aromatic rings. The van der Waals surface area contributed by atoms with E-state index in [1.807, 2.05) is 20.8 Å². The molecule has 0 saturated carbocycles. The van der Waals surface area contributed by atoms with Gasteiger partial charge in [-0.15, -0.1) is 0 Å². The summed E-state index contributed by atoms with van der Waals surface area (Å²) in [7, 11) is -1.86. The van der Waals surface area contributed by atoms with Crippen LogP contribution in [0.5, 0.6) is 0 Å². The molecule has 0 aliphatic heterocycles. The number of sulfonamides is 1. The molecule has 116 valence electrons. The number of aromatic nitrogens is 2. The molecular weight excluding hydrogens is 276 g/mol. The van der Waals surface area contributed by atoms with Crippen LogP contribution in [0.3, 0.4) is 0 Å². The molecule has 0 saturated heterocycles. The third kappa shape index (κ3) is 3.05. The van der Waals surface area contributed by atoms with E-state index in [4.69, 9.17) is 5.73 Å². The van der Waals surface area contributed by atoms with Crippen LogP contribution in [-0.4, -0.2) is 41.1 Å². The van der Waals surface area contributed by atoms with E-state index in [-0.39, 0.29) is 4.90 Å². The van der Waals surface area contributed by atoms with Gasteiger partial charge in [-0.25, -0.2) is 8.42 Å². The highest BCUT2D eigenvalue weighted by Gasteiger charge is 2.40. The predicted molar refractivity (Wildman–Crippen MR) is 79.8 cm³/mol. The minimum Gasteiger partial charge on any atom is -0.329 e. The van der Waals surface area contributed by atoms with Gasteiger partial charge in [0.2, 0.25) is 10.0 Å². The molecule has 2 N–H and O–H groups in total. The maximum Gasteiger partial charge on any atom is 0.246 e. The molecule has 20 heavy (non-hydrogen) atoms. The van der Waals surface area contributed by atoms with Crippen molar-refractivity contribution in [3.05, 3.63) is 12.4 Å². The first-order valence-corrected chi connectivity index (χ1v) is 8.53. The van der Waals surface area contributed by atoms with Crippen LogP contribution in [-0.2, 0) is 17.1 Å². The number of rotatable bonds is 8. The fourth-order valence-corrected chi connectivity index (χ4v) is 4.45. The SMILES string of the molecule is CCCN(C(CC)(CC)CN)S(=O)(=O)c1cnn(C)c1. The van der Waals surface area contributed by atoms with Gasteiger partial charge in [-0.3, -0.25) is 4.68 Å². The van der Waals surface area contributed by atoms with E-state index in [0.29, 0.717) is 25.9 Å². The van der Waals surface area contributed by atoms with Gasteiger partial charge in [0, 0.05) is 31.9 Å². The predicted octanol–water partition coefficient (Wildman–Crippen LogP) is 1.34. The Bertz CT molecular complexity index is 512. The fourth-order valence-electron chi connectivity index (χ4n) is 2.47. The topological polar surface area (TPSA) is 81.2 Å². The van der Waals surface area contributed by atoms with Crippen molar-refractivity contribution in [1.29, 1.82) is 0 Å². The van der Waals surface area contributed by atoms with E-state index in [1.54, 1.807) is 11.4 Å². The number of nitrogens with zero attached hydrogens (tertiary/aromatic N) is 3. The molecule has 0 aliphatic rings. The van der Waals surface area contributed by atoms with Crippen molar-refractivity contribution in [2.75, 3.05) is 13.1 Å². The zero-order valence-electron chi connectivity index (χ0n) is 12.8. The van der Waals surface area contributed by atoms with Crippen molar-refractivity contribution in [1.82, 2.24) is 14.1 Å². The van der Waals surface area contributed by atoms with Gasteiger partial charge in [-0.05, 0) is 19.3 Å². The monoisotopic (exact) mass is 302 g/mol. The van der Waals surface area contributed by atoms with Gasteiger partial charge in [0.15, 0.2) is 0 Å². The van der Waals surface area contributed by atoms with Crippen molar-refractivity contribution in [2.45, 2.75) is 50.5 Å². The van der Waals surface area contributed by atoms with Crippen LogP contribution in [0.1, 0.15) is 40.0 Å². The first-order chi connectivity index (χ1) is 9.37. The quantitative estimate of drug-likeness (QED) is 0.785. The highest BCUT2D eigenvalue weighted by molar-refractivity contribution is 7.89. The normalized spacial score (nSPS) is 13.1. The Hall–Kier alpha value is -0.920. The van der Waals surface area contributed by atoms with Gasteiger partial charge in [0.25, 0.3) is 0 Å². The second-order valence-corrected chi connectivity index (χ2v) is 6.92. The summed E-state index contributed by atoms with van der Waals surface area (Å²) < 4.78 is 28.8. The molecule has 0 unspecified atom stereocenters. The minimum absolute atomic E-state index is 0.230. The largest absolute Gasteiger partial charge is 0.329 e. The Morgan fingerprint density at radius 1 is 1.35 bits per heavy atom. The highest BCUT2D eigenvalue weighted by Crippen LogP contribution is 2.29. The lowest BCUT2D eigenvalue weighted by molar-refractivity contribution is 0.177. The molecule has 1 heterocycles. The standard InChI is InChI=1S/C13H26N4O2S/c1-5-8-17(13(6-2,7-3)11-14)20(18,19)12-9-15-16(4)10-12/h9-10H,5-8,11,14H2,1-4H3. The Labute approximate surface area is 122 Å². The van der Waals surface area contributed by atoms with Crippen LogP contribution in [0, 0.1) is 0 Å². The summed E-state index contributed by atoms with van der Waals surface area (Å²) in [4.78, 5) is 0.230. The molecule has 0 fully saturated rings. The summed E-state index contributed by atoms with van der Waals surface area (Å²) >= 11 is 0. The van der Waals surface area contributed by atoms with Crippen molar-refractivity contribution in [3.8, 4) is 0 Å². The summed E-state index contributed by atoms with van der Waals surface area (Å²) in [6, 6.07) is 0. The third-order valence-corrected chi connectivity index (χ3v) is 5.88. The van der Waals surface area contributed by atoms with Crippen LogP contribution in [0.25, 0.3) is 0 Å². The highest BCUT2D eigenvalue weighted by atomic mass is 32.2. The molecule has 0 bridgehead atoms. The average molecular weight is 302 g/mol. The smallest absolute Gasteiger partial charge is 0.246 e. The molecule has 0 radical (unpaired) electrons. The zero-order chi connectivity index (χ0) is 15.4. The Kier molecular flexibility index (Phi) is 5.73. The maximum absolute atomic E-state index is 12.9. The van der Waals surface area contributed by atoms with E-state index >= 15 is 0 Å². The third-order valence-electron chi connectivity index (χ3n) is 3.92. The summed E-state index contributed by atoms with van der Waals surface area (Å²) in [5, 5.41) is 3.96. The molecule has 1 rings (SSSR count). The van der Waals surface area contributed by atoms with E-state index in [1.165, 1.54) is 17.1 Å². The lowest BCUT2D eigenvalue weighted by Gasteiger charge is -2.41. The van der Waals surface area contributed by atoms with E-state index in [9.17, 15) is 8.42 Å². The molecule has 6 nitrogen and oxygen atoms in total. The van der Waals surface area contributed by atoms with E-state index in [2.05, 4.69) is 5.10 Å². The van der Waals surface area contributed by atoms with Gasteiger partial charge in [0.1, 0.15) is 4.90 Å². The number of hydrogen-bond donors (Lipinski definition) is 1. The van der Waals surface area contributed by atoms with E-state index in [0.717, 1.165) is 6.42 Å². The van der Waals surface area contributed by atoms with Crippen LogP contribution >= 0.6 is 0 Å². The molecule has 7 heteroatoms. The van der Waals surface area contributed by atoms with Crippen LogP contribution in [0.2, 0.25) is 0 Å². The molecule has 1 aromatic heterocycles. The zero-order valence-corrected chi connectivity index (χ0v) is 13.7. The Balaban J connectivity index is 3.32. The number of aryl methyl sites for hydroxylation is 1. The van der Waals surface area contributed by atoms with E-state index < -0.39 is 15.6 Å². The maximum atomic E-state index is 12.9. The summed E-state index contributed by atoms with van der Waals surface area (Å²) in [6.45, 7) is 6.73. The second kappa shape index (κ2) is 6.69. The van der Waals surface area contributed by atoms with Crippen LogP contribution in [0.15, 0.2) is 17.3 Å². The van der Waals surface area contributed by atoms with Gasteiger partial charge < -0.3 is 5.73 Å². The number of nitrogens with two attached hydrogens (primary N) is 1. The van der Waals surface area contributed by atoms with Gasteiger partial charge >= 0.3 is 0 Å². The first kappa shape index (κ1) is 17.1. The summed E-state index contributed by atoms with van der Waals surface area (Å²) in [5.74, 6) is 0.